The summed E-state index contributed by atoms with van der Waals surface area (Å²) in [4.78, 5) is 12.3. The van der Waals surface area contributed by atoms with Crippen LogP contribution in [0.25, 0.3) is 11.0 Å². The predicted octanol–water partition coefficient (Wildman–Crippen LogP) is 6.28. The monoisotopic (exact) mass is 592 g/mol. The highest BCUT2D eigenvalue weighted by Gasteiger charge is 2.12. The lowest BCUT2D eigenvalue weighted by atomic mass is 10.2. The number of ether oxygens (including phenoxy) is 1. The van der Waals surface area contributed by atoms with E-state index in [0.29, 0.717) is 17.9 Å². The molecule has 3 aromatic carbocycles. The van der Waals surface area contributed by atoms with Gasteiger partial charge in [0.15, 0.2) is 5.76 Å². The van der Waals surface area contributed by atoms with E-state index in [9.17, 15) is 9.18 Å². The van der Waals surface area contributed by atoms with Crippen LogP contribution in [0.3, 0.4) is 0 Å². The fraction of sp³-hybridized carbons (Fsp3) is 0.0435. The molecule has 1 heterocycles. The first-order chi connectivity index (χ1) is 15.0. The molecule has 0 saturated heterocycles. The number of rotatable bonds is 6. The summed E-state index contributed by atoms with van der Waals surface area (Å²) in [5, 5.41) is 4.87. The first-order valence-corrected chi connectivity index (χ1v) is 11.0. The SMILES string of the molecule is O=C(N/N=C/c1cc(Br)c(OCc2ccc(F)cc2)c(I)c1)c1cc2ccccc2o1. The van der Waals surface area contributed by atoms with Crippen LogP contribution in [0, 0.1) is 9.39 Å². The van der Waals surface area contributed by atoms with Gasteiger partial charge < -0.3 is 9.15 Å². The average Bonchev–Trinajstić information content (AvgIpc) is 3.19. The van der Waals surface area contributed by atoms with Crippen molar-refractivity contribution >= 4 is 61.6 Å². The van der Waals surface area contributed by atoms with Crippen molar-refractivity contribution in [3.05, 3.63) is 97.5 Å². The van der Waals surface area contributed by atoms with Crippen molar-refractivity contribution in [1.82, 2.24) is 5.43 Å². The van der Waals surface area contributed by atoms with Gasteiger partial charge in [0, 0.05) is 5.39 Å². The molecule has 4 aromatic rings. The molecule has 1 aromatic heterocycles. The van der Waals surface area contributed by atoms with Crippen molar-refractivity contribution in [1.29, 1.82) is 0 Å². The van der Waals surface area contributed by atoms with Crippen molar-refractivity contribution in [3.63, 3.8) is 0 Å². The Morgan fingerprint density at radius 2 is 1.94 bits per heavy atom. The van der Waals surface area contributed by atoms with Crippen molar-refractivity contribution in [3.8, 4) is 5.75 Å². The molecular weight excluding hydrogens is 578 g/mol. The summed E-state index contributed by atoms with van der Waals surface area (Å²) in [5.41, 5.74) is 4.75. The Bertz CT molecular complexity index is 1220. The molecular formula is C23H15BrFIN2O3. The van der Waals surface area contributed by atoms with E-state index in [2.05, 4.69) is 49.0 Å². The molecule has 0 unspecified atom stereocenters. The minimum atomic E-state index is -0.430. The van der Waals surface area contributed by atoms with Crippen LogP contribution in [-0.4, -0.2) is 12.1 Å². The highest BCUT2D eigenvalue weighted by Crippen LogP contribution is 2.32. The van der Waals surface area contributed by atoms with E-state index in [-0.39, 0.29) is 11.6 Å². The molecule has 0 saturated carbocycles. The zero-order chi connectivity index (χ0) is 21.8. The molecule has 0 fully saturated rings. The number of hydrogen-bond acceptors (Lipinski definition) is 4. The van der Waals surface area contributed by atoms with Crippen LogP contribution in [0.1, 0.15) is 21.7 Å². The summed E-state index contributed by atoms with van der Waals surface area (Å²) in [6, 6.07) is 18.9. The maximum Gasteiger partial charge on any atom is 0.307 e. The predicted molar refractivity (Wildman–Crippen MR) is 129 cm³/mol. The van der Waals surface area contributed by atoms with Gasteiger partial charge in [0.05, 0.1) is 14.3 Å². The second-order valence-corrected chi connectivity index (χ2v) is 8.59. The normalized spacial score (nSPS) is 11.2. The van der Waals surface area contributed by atoms with E-state index in [1.54, 1.807) is 24.3 Å². The van der Waals surface area contributed by atoms with Crippen LogP contribution >= 0.6 is 38.5 Å². The zero-order valence-electron chi connectivity index (χ0n) is 15.9. The topological polar surface area (TPSA) is 63.8 Å². The molecule has 4 rings (SSSR count). The molecule has 0 bridgehead atoms. The Balaban J connectivity index is 1.40. The second kappa shape index (κ2) is 9.61. The molecule has 31 heavy (non-hydrogen) atoms. The van der Waals surface area contributed by atoms with Crippen LogP contribution < -0.4 is 10.2 Å². The lowest BCUT2D eigenvalue weighted by Crippen LogP contribution is -2.16. The fourth-order valence-corrected chi connectivity index (χ4v) is 4.61. The van der Waals surface area contributed by atoms with Crippen LogP contribution in [0.2, 0.25) is 0 Å². The van der Waals surface area contributed by atoms with Gasteiger partial charge in [0.1, 0.15) is 23.8 Å². The Labute approximate surface area is 199 Å². The first-order valence-electron chi connectivity index (χ1n) is 9.18. The average molecular weight is 593 g/mol. The number of carbonyl (C=O) groups excluding carboxylic acids is 1. The smallest absolute Gasteiger partial charge is 0.307 e. The number of hydrogen-bond donors (Lipinski definition) is 1. The number of para-hydroxylation sites is 1. The first kappa shape index (κ1) is 21.5. The van der Waals surface area contributed by atoms with Gasteiger partial charge in [-0.2, -0.15) is 5.10 Å². The Hall–Kier alpha value is -2.72. The van der Waals surface area contributed by atoms with Crippen LogP contribution in [-0.2, 0) is 6.61 Å². The Morgan fingerprint density at radius 3 is 2.68 bits per heavy atom. The number of nitrogens with one attached hydrogen (secondary N) is 1. The van der Waals surface area contributed by atoms with Gasteiger partial charge in [-0.3, -0.25) is 4.79 Å². The number of fused-ring (bicyclic) bond motifs is 1. The number of hydrazone groups is 1. The van der Waals surface area contributed by atoms with Crippen molar-refractivity contribution < 1.29 is 18.3 Å². The van der Waals surface area contributed by atoms with Crippen LogP contribution in [0.4, 0.5) is 4.39 Å². The molecule has 0 atom stereocenters. The number of nitrogens with zero attached hydrogens (tertiary/aromatic N) is 1. The second-order valence-electron chi connectivity index (χ2n) is 6.58. The van der Waals surface area contributed by atoms with Crippen molar-refractivity contribution in [2.75, 3.05) is 0 Å². The van der Waals surface area contributed by atoms with Crippen LogP contribution in [0.5, 0.6) is 5.75 Å². The molecule has 1 N–H and O–H groups in total. The fourth-order valence-electron chi connectivity index (χ4n) is 2.84. The molecule has 0 spiro atoms. The standard InChI is InChI=1S/C23H15BrFIN2O3/c24-18-9-15(10-19(26)22(18)30-13-14-5-7-17(25)8-6-14)12-27-28-23(29)21-11-16-3-1-2-4-20(16)31-21/h1-12H,13H2,(H,28,29)/b27-12+. The number of furan rings is 1. The van der Waals surface area contributed by atoms with E-state index in [0.717, 1.165) is 24.6 Å². The number of benzene rings is 3. The molecule has 0 aliphatic rings. The molecule has 8 heteroatoms. The summed E-state index contributed by atoms with van der Waals surface area (Å²) in [5.74, 6) is 0.156. The van der Waals surface area contributed by atoms with Crippen molar-refractivity contribution in [2.24, 2.45) is 5.10 Å². The van der Waals surface area contributed by atoms with E-state index in [1.807, 2.05) is 30.3 Å². The minimum absolute atomic E-state index is 0.193. The summed E-state index contributed by atoms with van der Waals surface area (Å²) < 4.78 is 26.0. The number of halogens is 3. The van der Waals surface area contributed by atoms with Gasteiger partial charge >= 0.3 is 5.91 Å². The zero-order valence-corrected chi connectivity index (χ0v) is 19.7. The summed E-state index contributed by atoms with van der Waals surface area (Å²) in [6.07, 6.45) is 1.54. The summed E-state index contributed by atoms with van der Waals surface area (Å²) >= 11 is 5.67. The highest BCUT2D eigenvalue weighted by molar-refractivity contribution is 14.1. The molecule has 5 nitrogen and oxygen atoms in total. The highest BCUT2D eigenvalue weighted by atomic mass is 127. The van der Waals surface area contributed by atoms with Gasteiger partial charge in [-0.25, -0.2) is 9.82 Å². The number of amides is 1. The van der Waals surface area contributed by atoms with Gasteiger partial charge in [-0.05, 0) is 86.0 Å². The van der Waals surface area contributed by atoms with Gasteiger partial charge in [0.25, 0.3) is 0 Å². The molecule has 0 aliphatic heterocycles. The third-order valence-corrected chi connectivity index (χ3v) is 5.74. The van der Waals surface area contributed by atoms with E-state index in [4.69, 9.17) is 9.15 Å². The largest absolute Gasteiger partial charge is 0.487 e. The summed E-state index contributed by atoms with van der Waals surface area (Å²) in [7, 11) is 0. The van der Waals surface area contributed by atoms with Crippen molar-refractivity contribution in [2.45, 2.75) is 6.61 Å². The molecule has 156 valence electrons. The Kier molecular flexibility index (Phi) is 6.67. The third-order valence-electron chi connectivity index (χ3n) is 4.35. The lowest BCUT2D eigenvalue weighted by Gasteiger charge is -2.11. The number of carbonyl (C=O) groups is 1. The van der Waals surface area contributed by atoms with E-state index in [1.165, 1.54) is 18.3 Å². The lowest BCUT2D eigenvalue weighted by molar-refractivity contribution is 0.0929. The maximum atomic E-state index is 13.0. The molecule has 0 radical (unpaired) electrons. The molecule has 1 amide bonds. The third kappa shape index (κ3) is 5.31. The quantitative estimate of drug-likeness (QED) is 0.163. The summed E-state index contributed by atoms with van der Waals surface area (Å²) in [6.45, 7) is 0.315. The Morgan fingerprint density at radius 1 is 1.16 bits per heavy atom. The van der Waals surface area contributed by atoms with Crippen LogP contribution in [0.15, 0.2) is 80.7 Å². The minimum Gasteiger partial charge on any atom is -0.487 e. The van der Waals surface area contributed by atoms with Gasteiger partial charge in [-0.1, -0.05) is 30.3 Å². The maximum absolute atomic E-state index is 13.0. The van der Waals surface area contributed by atoms with Gasteiger partial charge in [0.2, 0.25) is 0 Å². The van der Waals surface area contributed by atoms with E-state index >= 15 is 0 Å². The molecule has 0 aliphatic carbocycles. The van der Waals surface area contributed by atoms with E-state index < -0.39 is 5.91 Å². The van der Waals surface area contributed by atoms with Gasteiger partial charge in [-0.15, -0.1) is 0 Å².